The Balaban J connectivity index is 1.31. The molecule has 0 saturated heterocycles. The Labute approximate surface area is 210 Å². The molecule has 8 nitrogen and oxygen atoms in total. The molecule has 8 heteroatoms. The first-order valence-electron chi connectivity index (χ1n) is 12.6. The zero-order chi connectivity index (χ0) is 24.7. The van der Waals surface area contributed by atoms with Crippen LogP contribution in [-0.2, 0) is 12.0 Å². The van der Waals surface area contributed by atoms with Crippen LogP contribution < -0.4 is 4.74 Å². The van der Waals surface area contributed by atoms with Crippen molar-refractivity contribution in [1.82, 2.24) is 29.3 Å². The van der Waals surface area contributed by atoms with E-state index in [-0.39, 0.29) is 11.3 Å². The second-order valence-corrected chi connectivity index (χ2v) is 9.88. The first kappa shape index (κ1) is 22.5. The molecule has 1 aliphatic heterocycles. The SMILES string of the molecule is COc1nc(-c2nc3n(n2)CCC[C@@H]3c2ccc(C3(C#N)CCCC3)cc2)ccc1-n1cnc(C)c1. The van der Waals surface area contributed by atoms with Gasteiger partial charge in [-0.05, 0) is 55.9 Å². The average molecular weight is 480 g/mol. The molecule has 1 aromatic carbocycles. The summed E-state index contributed by atoms with van der Waals surface area (Å²) in [6, 6.07) is 15.2. The van der Waals surface area contributed by atoms with Crippen LogP contribution >= 0.6 is 0 Å². The topological polar surface area (TPSA) is 94.4 Å². The summed E-state index contributed by atoms with van der Waals surface area (Å²) < 4.78 is 9.51. The third kappa shape index (κ3) is 3.76. The van der Waals surface area contributed by atoms with E-state index in [0.717, 1.165) is 67.8 Å². The molecule has 2 aliphatic rings. The number of aryl methyl sites for hydroxylation is 2. The maximum Gasteiger partial charge on any atom is 0.238 e. The number of pyridine rings is 1. The molecule has 182 valence electrons. The highest BCUT2D eigenvalue weighted by Crippen LogP contribution is 2.41. The van der Waals surface area contributed by atoms with Crippen molar-refractivity contribution in [2.24, 2.45) is 0 Å². The number of benzene rings is 1. The van der Waals surface area contributed by atoms with Gasteiger partial charge in [0.15, 0.2) is 5.82 Å². The summed E-state index contributed by atoms with van der Waals surface area (Å²) in [6.45, 7) is 2.79. The van der Waals surface area contributed by atoms with Crippen molar-refractivity contribution < 1.29 is 4.74 Å². The number of nitrogens with zero attached hydrogens (tertiary/aromatic N) is 7. The highest BCUT2D eigenvalue weighted by atomic mass is 16.5. The second-order valence-electron chi connectivity index (χ2n) is 9.88. The van der Waals surface area contributed by atoms with Crippen molar-refractivity contribution >= 4 is 0 Å². The van der Waals surface area contributed by atoms with Gasteiger partial charge in [-0.3, -0.25) is 0 Å². The Morgan fingerprint density at radius 2 is 1.86 bits per heavy atom. The van der Waals surface area contributed by atoms with E-state index in [2.05, 4.69) is 35.3 Å². The van der Waals surface area contributed by atoms with Gasteiger partial charge in [-0.25, -0.2) is 19.6 Å². The second kappa shape index (κ2) is 8.90. The van der Waals surface area contributed by atoms with Crippen LogP contribution in [0.3, 0.4) is 0 Å². The third-order valence-corrected chi connectivity index (χ3v) is 7.66. The third-order valence-electron chi connectivity index (χ3n) is 7.66. The minimum Gasteiger partial charge on any atom is -0.479 e. The number of aromatic nitrogens is 6. The van der Waals surface area contributed by atoms with Crippen molar-refractivity contribution in [3.05, 3.63) is 71.6 Å². The molecule has 0 amide bonds. The van der Waals surface area contributed by atoms with Gasteiger partial charge in [0.2, 0.25) is 5.88 Å². The molecule has 1 aliphatic carbocycles. The Kier molecular flexibility index (Phi) is 5.56. The van der Waals surface area contributed by atoms with Gasteiger partial charge in [0.1, 0.15) is 17.2 Å². The molecule has 1 fully saturated rings. The highest BCUT2D eigenvalue weighted by molar-refractivity contribution is 5.55. The van der Waals surface area contributed by atoms with E-state index < -0.39 is 0 Å². The van der Waals surface area contributed by atoms with Crippen LogP contribution in [-0.4, -0.2) is 36.4 Å². The molecule has 4 aromatic rings. The first-order chi connectivity index (χ1) is 17.6. The molecule has 0 N–H and O–H groups in total. The van der Waals surface area contributed by atoms with E-state index in [9.17, 15) is 5.26 Å². The van der Waals surface area contributed by atoms with Crippen molar-refractivity contribution in [2.45, 2.75) is 63.3 Å². The fraction of sp³-hybridized carbons (Fsp3) is 0.393. The molecule has 0 spiro atoms. The van der Waals surface area contributed by atoms with Gasteiger partial charge in [0.05, 0.1) is 30.6 Å². The summed E-state index contributed by atoms with van der Waals surface area (Å²) in [6.07, 6.45) is 9.93. The van der Waals surface area contributed by atoms with Crippen LogP contribution in [0, 0.1) is 18.3 Å². The zero-order valence-corrected chi connectivity index (χ0v) is 20.7. The van der Waals surface area contributed by atoms with Gasteiger partial charge < -0.3 is 9.30 Å². The van der Waals surface area contributed by atoms with E-state index in [4.69, 9.17) is 19.8 Å². The molecule has 0 bridgehead atoms. The Morgan fingerprint density at radius 1 is 1.06 bits per heavy atom. The van der Waals surface area contributed by atoms with Crippen LogP contribution in [0.1, 0.15) is 67.1 Å². The number of methoxy groups -OCH3 is 1. The lowest BCUT2D eigenvalue weighted by atomic mass is 9.79. The minimum absolute atomic E-state index is 0.172. The van der Waals surface area contributed by atoms with Crippen LogP contribution in [0.5, 0.6) is 5.88 Å². The van der Waals surface area contributed by atoms with E-state index in [0.29, 0.717) is 17.4 Å². The molecule has 3 aromatic heterocycles. The van der Waals surface area contributed by atoms with Crippen molar-refractivity contribution in [1.29, 1.82) is 5.26 Å². The molecule has 1 saturated carbocycles. The number of ether oxygens (including phenoxy) is 1. The monoisotopic (exact) mass is 479 g/mol. The van der Waals surface area contributed by atoms with E-state index in [1.807, 2.05) is 34.5 Å². The standard InChI is InChI=1S/C28H29N7O/c1-19-16-34(18-30-19)24-12-11-23(31-27(24)36-2)25-32-26-22(6-5-15-35(26)33-25)20-7-9-21(10-8-20)28(17-29)13-3-4-14-28/h7-12,16,18,22H,3-6,13-15H2,1-2H3/t22-/m1/s1. The fourth-order valence-electron chi connectivity index (χ4n) is 5.71. The molecule has 1 atom stereocenters. The minimum atomic E-state index is -0.315. The first-order valence-corrected chi connectivity index (χ1v) is 12.6. The number of hydrogen-bond donors (Lipinski definition) is 0. The average Bonchev–Trinajstić information content (AvgIpc) is 3.68. The maximum absolute atomic E-state index is 9.86. The van der Waals surface area contributed by atoms with Gasteiger partial charge in [0.25, 0.3) is 0 Å². The predicted octanol–water partition coefficient (Wildman–Crippen LogP) is 5.10. The lowest BCUT2D eigenvalue weighted by molar-refractivity contribution is 0.396. The predicted molar refractivity (Wildman–Crippen MR) is 135 cm³/mol. The summed E-state index contributed by atoms with van der Waals surface area (Å²) >= 11 is 0. The van der Waals surface area contributed by atoms with E-state index >= 15 is 0 Å². The maximum atomic E-state index is 9.86. The van der Waals surface area contributed by atoms with Crippen molar-refractivity contribution in [2.75, 3.05) is 7.11 Å². The van der Waals surface area contributed by atoms with Gasteiger partial charge in [-0.1, -0.05) is 37.1 Å². The van der Waals surface area contributed by atoms with Gasteiger partial charge in [-0.15, -0.1) is 5.10 Å². The summed E-state index contributed by atoms with van der Waals surface area (Å²) in [4.78, 5) is 14.0. The quantitative estimate of drug-likeness (QED) is 0.395. The van der Waals surface area contributed by atoms with Gasteiger partial charge >= 0.3 is 0 Å². The number of rotatable bonds is 5. The number of nitriles is 1. The summed E-state index contributed by atoms with van der Waals surface area (Å²) in [5, 5.41) is 14.7. The molecule has 0 unspecified atom stereocenters. The summed E-state index contributed by atoms with van der Waals surface area (Å²) in [5.41, 5.74) is 4.48. The molecular weight excluding hydrogens is 450 g/mol. The van der Waals surface area contributed by atoms with Gasteiger partial charge in [-0.2, -0.15) is 5.26 Å². The van der Waals surface area contributed by atoms with Crippen LogP contribution in [0.2, 0.25) is 0 Å². The normalized spacial score (nSPS) is 18.5. The fourth-order valence-corrected chi connectivity index (χ4v) is 5.71. The van der Waals surface area contributed by atoms with Crippen LogP contribution in [0.15, 0.2) is 48.9 Å². The van der Waals surface area contributed by atoms with Gasteiger partial charge in [0, 0.05) is 18.7 Å². The van der Waals surface area contributed by atoms with E-state index in [1.54, 1.807) is 13.4 Å². The molecule has 36 heavy (non-hydrogen) atoms. The largest absolute Gasteiger partial charge is 0.479 e. The van der Waals surface area contributed by atoms with Crippen molar-refractivity contribution in [3.63, 3.8) is 0 Å². The summed E-state index contributed by atoms with van der Waals surface area (Å²) in [7, 11) is 1.62. The summed E-state index contributed by atoms with van der Waals surface area (Å²) in [5.74, 6) is 2.25. The molecule has 4 heterocycles. The molecular formula is C28H29N7O. The molecule has 6 rings (SSSR count). The van der Waals surface area contributed by atoms with E-state index in [1.165, 1.54) is 5.56 Å². The number of imidazole rings is 1. The number of hydrogen-bond acceptors (Lipinski definition) is 6. The zero-order valence-electron chi connectivity index (χ0n) is 20.7. The van der Waals surface area contributed by atoms with Crippen LogP contribution in [0.4, 0.5) is 0 Å². The lowest BCUT2D eigenvalue weighted by Gasteiger charge is -2.24. The Morgan fingerprint density at radius 3 is 2.56 bits per heavy atom. The van der Waals surface area contributed by atoms with Crippen molar-refractivity contribution in [3.8, 4) is 29.2 Å². The smallest absolute Gasteiger partial charge is 0.238 e. The lowest BCUT2D eigenvalue weighted by Crippen LogP contribution is -2.20. The highest BCUT2D eigenvalue weighted by Gasteiger charge is 2.36. The van der Waals surface area contributed by atoms with Crippen LogP contribution in [0.25, 0.3) is 17.2 Å². The Hall–Kier alpha value is -3.99. The molecule has 0 radical (unpaired) electrons. The number of fused-ring (bicyclic) bond motifs is 1. The Bertz CT molecular complexity index is 1440.